The van der Waals surface area contributed by atoms with Crippen molar-refractivity contribution in [3.05, 3.63) is 36.4 Å². The van der Waals surface area contributed by atoms with E-state index in [1.165, 1.54) is 0 Å². The quantitative estimate of drug-likeness (QED) is 0.364. The molecule has 120 valence electrons. The van der Waals surface area contributed by atoms with Gasteiger partial charge in [-0.3, -0.25) is 0 Å². The molecular formula is C17H25N3O2. The fraction of sp³-hybridized carbons (Fsp3) is 0.471. The molecule has 0 atom stereocenters. The Kier molecular flexibility index (Phi) is 6.13. The lowest BCUT2D eigenvalue weighted by molar-refractivity contribution is 0.174. The molecule has 0 saturated heterocycles. The van der Waals surface area contributed by atoms with Crippen molar-refractivity contribution in [1.82, 2.24) is 10.2 Å². The van der Waals surface area contributed by atoms with Crippen molar-refractivity contribution < 1.29 is 9.47 Å². The van der Waals surface area contributed by atoms with Gasteiger partial charge >= 0.3 is 0 Å². The summed E-state index contributed by atoms with van der Waals surface area (Å²) in [7, 11) is 2.06. The molecular weight excluding hydrogens is 278 g/mol. The van der Waals surface area contributed by atoms with Gasteiger partial charge in [-0.25, -0.2) is 4.99 Å². The van der Waals surface area contributed by atoms with Crippen LogP contribution in [0.3, 0.4) is 0 Å². The molecule has 5 nitrogen and oxygen atoms in total. The van der Waals surface area contributed by atoms with Crippen molar-refractivity contribution >= 4 is 5.96 Å². The number of hydrogen-bond donors (Lipinski definition) is 1. The molecule has 0 spiro atoms. The van der Waals surface area contributed by atoms with E-state index in [0.29, 0.717) is 13.3 Å². The van der Waals surface area contributed by atoms with E-state index < -0.39 is 0 Å². The van der Waals surface area contributed by atoms with E-state index >= 15 is 0 Å². The maximum Gasteiger partial charge on any atom is 0.231 e. The molecule has 1 N–H and O–H groups in total. The van der Waals surface area contributed by atoms with E-state index in [4.69, 9.17) is 14.5 Å². The molecule has 0 aliphatic carbocycles. The van der Waals surface area contributed by atoms with Crippen LogP contribution in [0.1, 0.15) is 25.3 Å². The molecule has 0 aromatic heterocycles. The van der Waals surface area contributed by atoms with Crippen molar-refractivity contribution in [3.63, 3.8) is 0 Å². The van der Waals surface area contributed by atoms with E-state index in [0.717, 1.165) is 49.0 Å². The zero-order valence-electron chi connectivity index (χ0n) is 13.5. The summed E-state index contributed by atoms with van der Waals surface area (Å²) in [6, 6.07) is 5.96. The first-order chi connectivity index (χ1) is 10.7. The minimum absolute atomic E-state index is 0.302. The summed E-state index contributed by atoms with van der Waals surface area (Å²) in [6.45, 7) is 8.56. The number of aliphatic imine (C=N–C) groups is 1. The largest absolute Gasteiger partial charge is 0.454 e. The number of allylic oxidation sites excluding steroid dienone is 1. The van der Waals surface area contributed by atoms with Gasteiger partial charge in [0.2, 0.25) is 6.79 Å². The average Bonchev–Trinajstić information content (AvgIpc) is 2.99. The number of guanidine groups is 1. The molecule has 0 saturated carbocycles. The number of nitrogens with one attached hydrogen (secondary N) is 1. The summed E-state index contributed by atoms with van der Waals surface area (Å²) in [4.78, 5) is 6.85. The van der Waals surface area contributed by atoms with Crippen LogP contribution < -0.4 is 14.8 Å². The minimum Gasteiger partial charge on any atom is -0.454 e. The van der Waals surface area contributed by atoms with E-state index in [-0.39, 0.29) is 0 Å². The van der Waals surface area contributed by atoms with Crippen molar-refractivity contribution in [2.45, 2.75) is 26.3 Å². The number of rotatable bonds is 7. The number of unbranched alkanes of at least 4 members (excludes halogenated alkanes) is 1. The minimum atomic E-state index is 0.302. The molecule has 0 unspecified atom stereocenters. The Morgan fingerprint density at radius 2 is 2.23 bits per heavy atom. The van der Waals surface area contributed by atoms with Gasteiger partial charge in [-0.1, -0.05) is 12.1 Å². The van der Waals surface area contributed by atoms with E-state index in [1.54, 1.807) is 0 Å². The molecule has 1 heterocycles. The third-order valence-electron chi connectivity index (χ3n) is 3.45. The Labute approximate surface area is 132 Å². The highest BCUT2D eigenvalue weighted by atomic mass is 16.7. The summed E-state index contributed by atoms with van der Waals surface area (Å²) in [5.74, 6) is 2.53. The van der Waals surface area contributed by atoms with Crippen LogP contribution in [0.15, 0.2) is 35.8 Å². The Bertz CT molecular complexity index is 529. The van der Waals surface area contributed by atoms with Crippen molar-refractivity contribution in [2.75, 3.05) is 26.9 Å². The third kappa shape index (κ3) is 4.41. The van der Waals surface area contributed by atoms with Crippen LogP contribution in [0, 0.1) is 0 Å². The number of ether oxygens (including phenoxy) is 2. The molecule has 0 bridgehead atoms. The Balaban J connectivity index is 1.98. The maximum atomic E-state index is 5.40. The second-order valence-corrected chi connectivity index (χ2v) is 5.21. The average molecular weight is 303 g/mol. The van der Waals surface area contributed by atoms with Gasteiger partial charge in [-0.2, -0.15) is 0 Å². The van der Waals surface area contributed by atoms with Gasteiger partial charge in [0.25, 0.3) is 0 Å². The summed E-state index contributed by atoms with van der Waals surface area (Å²) < 4.78 is 10.7. The molecule has 22 heavy (non-hydrogen) atoms. The first-order valence-electron chi connectivity index (χ1n) is 7.73. The predicted octanol–water partition coefficient (Wildman–Crippen LogP) is 2.78. The molecule has 2 rings (SSSR count). The van der Waals surface area contributed by atoms with Crippen LogP contribution in [0.4, 0.5) is 0 Å². The molecule has 1 aliphatic rings. The SMILES string of the molecule is C=CCCCN(C)C(=NCc1ccc2c(c1)OCO2)NCC. The third-order valence-corrected chi connectivity index (χ3v) is 3.45. The van der Waals surface area contributed by atoms with E-state index in [2.05, 4.69) is 30.8 Å². The fourth-order valence-electron chi connectivity index (χ4n) is 2.25. The predicted molar refractivity (Wildman–Crippen MR) is 89.4 cm³/mol. The van der Waals surface area contributed by atoms with Crippen molar-refractivity contribution in [1.29, 1.82) is 0 Å². The van der Waals surface area contributed by atoms with Crippen LogP contribution in [-0.4, -0.2) is 37.8 Å². The molecule has 1 aromatic carbocycles. The van der Waals surface area contributed by atoms with Crippen LogP contribution >= 0.6 is 0 Å². The van der Waals surface area contributed by atoms with Crippen LogP contribution in [0.2, 0.25) is 0 Å². The van der Waals surface area contributed by atoms with Crippen LogP contribution in [-0.2, 0) is 6.54 Å². The highest BCUT2D eigenvalue weighted by molar-refractivity contribution is 5.79. The normalized spacial score (nSPS) is 13.1. The van der Waals surface area contributed by atoms with Gasteiger partial charge < -0.3 is 19.7 Å². The molecule has 0 amide bonds. The zero-order valence-corrected chi connectivity index (χ0v) is 13.5. The summed E-state index contributed by atoms with van der Waals surface area (Å²) in [5.41, 5.74) is 1.11. The highest BCUT2D eigenvalue weighted by Gasteiger charge is 2.13. The van der Waals surface area contributed by atoms with Gasteiger partial charge in [-0.05, 0) is 37.5 Å². The van der Waals surface area contributed by atoms with Gasteiger partial charge in [0, 0.05) is 20.1 Å². The highest BCUT2D eigenvalue weighted by Crippen LogP contribution is 2.32. The van der Waals surface area contributed by atoms with Gasteiger partial charge in [-0.15, -0.1) is 6.58 Å². The number of nitrogens with zero attached hydrogens (tertiary/aromatic N) is 2. The second kappa shape index (κ2) is 8.32. The first-order valence-corrected chi connectivity index (χ1v) is 7.73. The molecule has 1 aliphatic heterocycles. The Morgan fingerprint density at radius 3 is 3.00 bits per heavy atom. The smallest absolute Gasteiger partial charge is 0.231 e. The fourth-order valence-corrected chi connectivity index (χ4v) is 2.25. The van der Waals surface area contributed by atoms with Crippen molar-refractivity contribution in [2.24, 2.45) is 4.99 Å². The van der Waals surface area contributed by atoms with Gasteiger partial charge in [0.15, 0.2) is 17.5 Å². The van der Waals surface area contributed by atoms with Gasteiger partial charge in [0.1, 0.15) is 0 Å². The van der Waals surface area contributed by atoms with Crippen LogP contribution in [0.25, 0.3) is 0 Å². The molecule has 0 radical (unpaired) electrons. The van der Waals surface area contributed by atoms with Crippen LogP contribution in [0.5, 0.6) is 11.5 Å². The number of hydrogen-bond acceptors (Lipinski definition) is 3. The maximum absolute atomic E-state index is 5.40. The Morgan fingerprint density at radius 1 is 1.41 bits per heavy atom. The first kappa shape index (κ1) is 16.2. The number of fused-ring (bicyclic) bond motifs is 1. The molecule has 1 aromatic rings. The lowest BCUT2D eigenvalue weighted by Crippen LogP contribution is -2.39. The number of benzene rings is 1. The summed E-state index contributed by atoms with van der Waals surface area (Å²) >= 11 is 0. The molecule has 0 fully saturated rings. The monoisotopic (exact) mass is 303 g/mol. The van der Waals surface area contributed by atoms with E-state index in [1.807, 2.05) is 24.3 Å². The molecule has 5 heteroatoms. The Hall–Kier alpha value is -2.17. The van der Waals surface area contributed by atoms with Gasteiger partial charge in [0.05, 0.1) is 6.54 Å². The second-order valence-electron chi connectivity index (χ2n) is 5.21. The lowest BCUT2D eigenvalue weighted by atomic mass is 10.2. The summed E-state index contributed by atoms with van der Waals surface area (Å²) in [5, 5.41) is 3.33. The zero-order chi connectivity index (χ0) is 15.8. The lowest BCUT2D eigenvalue weighted by Gasteiger charge is -2.21. The van der Waals surface area contributed by atoms with Crippen molar-refractivity contribution in [3.8, 4) is 11.5 Å². The standard InChI is InChI=1S/C17H25N3O2/c1-4-6-7-10-20(3)17(18-5-2)19-12-14-8-9-15-16(11-14)22-13-21-15/h4,8-9,11H,1,5-7,10,12-13H2,2-3H3,(H,18,19). The summed E-state index contributed by atoms with van der Waals surface area (Å²) in [6.07, 6.45) is 4.05. The van der Waals surface area contributed by atoms with E-state index in [9.17, 15) is 0 Å². The topological polar surface area (TPSA) is 46.1 Å².